The van der Waals surface area contributed by atoms with Crippen LogP contribution >= 0.6 is 0 Å². The fraction of sp³-hybridized carbons (Fsp3) is 0.429. The van der Waals surface area contributed by atoms with E-state index in [9.17, 15) is 14.7 Å². The molecule has 19 heavy (non-hydrogen) atoms. The molecule has 1 aromatic rings. The van der Waals surface area contributed by atoms with Crippen LogP contribution in [0.25, 0.3) is 0 Å². The van der Waals surface area contributed by atoms with E-state index >= 15 is 0 Å². The second kappa shape index (κ2) is 6.78. The summed E-state index contributed by atoms with van der Waals surface area (Å²) in [7, 11) is 1.54. The van der Waals surface area contributed by atoms with E-state index in [-0.39, 0.29) is 11.8 Å². The van der Waals surface area contributed by atoms with E-state index < -0.39 is 12.0 Å². The molecule has 0 aliphatic rings. The van der Waals surface area contributed by atoms with Crippen molar-refractivity contribution < 1.29 is 19.4 Å². The van der Waals surface area contributed by atoms with E-state index in [2.05, 4.69) is 5.32 Å². The topological polar surface area (TPSA) is 75.6 Å². The molecule has 2 atom stereocenters. The fourth-order valence-electron chi connectivity index (χ4n) is 1.55. The van der Waals surface area contributed by atoms with Gasteiger partial charge in [0.15, 0.2) is 6.04 Å². The number of amides is 1. The molecule has 0 aromatic heterocycles. The summed E-state index contributed by atoms with van der Waals surface area (Å²) in [4.78, 5) is 23.0. The minimum atomic E-state index is -1.08. The van der Waals surface area contributed by atoms with Gasteiger partial charge >= 0.3 is 5.97 Å². The maximum absolute atomic E-state index is 11.8. The molecule has 1 rings (SSSR count). The highest BCUT2D eigenvalue weighted by atomic mass is 16.5. The zero-order chi connectivity index (χ0) is 14.4. The van der Waals surface area contributed by atoms with Crippen LogP contribution in [0.1, 0.15) is 31.9 Å². The number of ether oxygens (including phenoxy) is 1. The molecule has 0 heterocycles. The van der Waals surface area contributed by atoms with E-state index in [0.717, 1.165) is 0 Å². The van der Waals surface area contributed by atoms with Crippen molar-refractivity contribution in [3.8, 4) is 5.75 Å². The zero-order valence-electron chi connectivity index (χ0n) is 11.3. The van der Waals surface area contributed by atoms with Gasteiger partial charge in [0.05, 0.1) is 7.11 Å². The quantitative estimate of drug-likeness (QED) is 0.824. The van der Waals surface area contributed by atoms with Gasteiger partial charge in [-0.3, -0.25) is 4.79 Å². The minimum absolute atomic E-state index is 0.208. The third-order valence-electron chi connectivity index (χ3n) is 3.04. The third kappa shape index (κ3) is 3.98. The van der Waals surface area contributed by atoms with Gasteiger partial charge in [0.25, 0.3) is 0 Å². The van der Waals surface area contributed by atoms with Crippen molar-refractivity contribution >= 4 is 11.9 Å². The average molecular weight is 265 g/mol. The number of carbonyl (C=O) groups is 2. The molecule has 2 N–H and O–H groups in total. The number of aliphatic carboxylic acids is 1. The number of carbonyl (C=O) groups excluding carboxylic acids is 1. The molecule has 0 bridgehead atoms. The van der Waals surface area contributed by atoms with Gasteiger partial charge in [0.2, 0.25) is 5.91 Å². The van der Waals surface area contributed by atoms with Crippen LogP contribution in [0.2, 0.25) is 0 Å². The summed E-state index contributed by atoms with van der Waals surface area (Å²) in [6, 6.07) is 5.57. The Morgan fingerprint density at radius 1 is 1.32 bits per heavy atom. The van der Waals surface area contributed by atoms with E-state index in [0.29, 0.717) is 17.7 Å². The SMILES string of the molecule is CCC(C)C(=O)NC(C(=O)O)c1ccc(OC)cc1. The van der Waals surface area contributed by atoms with Gasteiger partial charge in [-0.1, -0.05) is 26.0 Å². The van der Waals surface area contributed by atoms with Crippen LogP contribution < -0.4 is 10.1 Å². The fourth-order valence-corrected chi connectivity index (χ4v) is 1.55. The summed E-state index contributed by atoms with van der Waals surface area (Å²) < 4.78 is 5.01. The molecule has 0 saturated heterocycles. The molecule has 0 aliphatic heterocycles. The number of rotatable bonds is 6. The molecule has 0 spiro atoms. The number of carboxylic acids is 1. The van der Waals surface area contributed by atoms with E-state index in [1.807, 2.05) is 6.92 Å². The number of benzene rings is 1. The second-order valence-corrected chi connectivity index (χ2v) is 4.36. The molecule has 5 heteroatoms. The molecular formula is C14H19NO4. The van der Waals surface area contributed by atoms with Crippen molar-refractivity contribution in [3.05, 3.63) is 29.8 Å². The molecule has 0 aliphatic carbocycles. The Hall–Kier alpha value is -2.04. The Bertz CT molecular complexity index is 441. The van der Waals surface area contributed by atoms with Crippen LogP contribution in [0.5, 0.6) is 5.75 Å². The molecular weight excluding hydrogens is 246 g/mol. The Morgan fingerprint density at radius 3 is 2.32 bits per heavy atom. The molecule has 0 radical (unpaired) electrons. The molecule has 5 nitrogen and oxygen atoms in total. The third-order valence-corrected chi connectivity index (χ3v) is 3.04. The average Bonchev–Trinajstić information content (AvgIpc) is 2.43. The summed E-state index contributed by atoms with van der Waals surface area (Å²) >= 11 is 0. The number of hydrogen-bond donors (Lipinski definition) is 2. The standard InChI is InChI=1S/C14H19NO4/c1-4-9(2)13(16)15-12(14(17)18)10-5-7-11(19-3)8-6-10/h5-9,12H,4H2,1-3H3,(H,15,16)(H,17,18). The van der Waals surface area contributed by atoms with Crippen LogP contribution in [0.4, 0.5) is 0 Å². The predicted molar refractivity (Wildman–Crippen MR) is 71.0 cm³/mol. The lowest BCUT2D eigenvalue weighted by Gasteiger charge is -2.17. The first-order chi connectivity index (χ1) is 8.99. The molecule has 1 aromatic carbocycles. The van der Waals surface area contributed by atoms with Gasteiger partial charge < -0.3 is 15.2 Å². The monoisotopic (exact) mass is 265 g/mol. The lowest BCUT2D eigenvalue weighted by atomic mass is 10.0. The van der Waals surface area contributed by atoms with Crippen LogP contribution in [0, 0.1) is 5.92 Å². The second-order valence-electron chi connectivity index (χ2n) is 4.36. The van der Waals surface area contributed by atoms with Gasteiger partial charge in [-0.15, -0.1) is 0 Å². The Morgan fingerprint density at radius 2 is 1.89 bits per heavy atom. The molecule has 1 amide bonds. The van der Waals surface area contributed by atoms with Crippen molar-refractivity contribution in [2.45, 2.75) is 26.3 Å². The first-order valence-corrected chi connectivity index (χ1v) is 6.16. The van der Waals surface area contributed by atoms with Gasteiger partial charge in [0, 0.05) is 5.92 Å². The Balaban J connectivity index is 2.88. The highest BCUT2D eigenvalue weighted by molar-refractivity contribution is 5.85. The lowest BCUT2D eigenvalue weighted by molar-refractivity contribution is -0.142. The lowest BCUT2D eigenvalue weighted by Crippen LogP contribution is -2.36. The van der Waals surface area contributed by atoms with Gasteiger partial charge in [-0.2, -0.15) is 0 Å². The van der Waals surface area contributed by atoms with Crippen LogP contribution in [0.3, 0.4) is 0 Å². The largest absolute Gasteiger partial charge is 0.497 e. The van der Waals surface area contributed by atoms with Crippen molar-refractivity contribution in [3.63, 3.8) is 0 Å². The normalized spacial score (nSPS) is 13.4. The van der Waals surface area contributed by atoms with Crippen molar-refractivity contribution in [1.82, 2.24) is 5.32 Å². The van der Waals surface area contributed by atoms with E-state index in [1.54, 1.807) is 31.2 Å². The van der Waals surface area contributed by atoms with Crippen LogP contribution in [-0.4, -0.2) is 24.1 Å². The maximum atomic E-state index is 11.8. The van der Waals surface area contributed by atoms with Crippen LogP contribution in [-0.2, 0) is 9.59 Å². The summed E-state index contributed by atoms with van der Waals surface area (Å²) in [5.74, 6) is -0.909. The number of nitrogens with one attached hydrogen (secondary N) is 1. The molecule has 104 valence electrons. The zero-order valence-corrected chi connectivity index (χ0v) is 11.3. The first-order valence-electron chi connectivity index (χ1n) is 6.16. The van der Waals surface area contributed by atoms with Gasteiger partial charge in [-0.05, 0) is 24.1 Å². The number of hydrogen-bond acceptors (Lipinski definition) is 3. The number of methoxy groups -OCH3 is 1. The highest BCUT2D eigenvalue weighted by Gasteiger charge is 2.23. The molecule has 2 unspecified atom stereocenters. The van der Waals surface area contributed by atoms with Crippen molar-refractivity contribution in [1.29, 1.82) is 0 Å². The maximum Gasteiger partial charge on any atom is 0.330 e. The summed E-state index contributed by atoms with van der Waals surface area (Å²) in [6.07, 6.45) is 0.667. The molecule has 0 fully saturated rings. The number of carboxylic acid groups (broad SMARTS) is 1. The van der Waals surface area contributed by atoms with Crippen molar-refractivity contribution in [2.24, 2.45) is 5.92 Å². The molecule has 0 saturated carbocycles. The Labute approximate surface area is 112 Å². The Kier molecular flexibility index (Phi) is 5.36. The minimum Gasteiger partial charge on any atom is -0.497 e. The van der Waals surface area contributed by atoms with Crippen molar-refractivity contribution in [2.75, 3.05) is 7.11 Å². The highest BCUT2D eigenvalue weighted by Crippen LogP contribution is 2.18. The first kappa shape index (κ1) is 15.0. The summed E-state index contributed by atoms with van der Waals surface area (Å²) in [5, 5.41) is 11.8. The van der Waals surface area contributed by atoms with E-state index in [1.165, 1.54) is 7.11 Å². The van der Waals surface area contributed by atoms with Gasteiger partial charge in [0.1, 0.15) is 5.75 Å². The van der Waals surface area contributed by atoms with E-state index in [4.69, 9.17) is 4.74 Å². The predicted octanol–water partition coefficient (Wildman–Crippen LogP) is 1.98. The summed E-state index contributed by atoms with van der Waals surface area (Å²) in [6.45, 7) is 3.65. The summed E-state index contributed by atoms with van der Waals surface area (Å²) in [5.41, 5.74) is 0.518. The van der Waals surface area contributed by atoms with Gasteiger partial charge in [-0.25, -0.2) is 4.79 Å². The smallest absolute Gasteiger partial charge is 0.330 e. The van der Waals surface area contributed by atoms with Crippen LogP contribution in [0.15, 0.2) is 24.3 Å².